The highest BCUT2D eigenvalue weighted by Crippen LogP contribution is 1.97. The zero-order chi connectivity index (χ0) is 4.99. The molecule has 0 N–H and O–H groups in total. The molecule has 0 aliphatic heterocycles. The first kappa shape index (κ1) is 6.69. The van der Waals surface area contributed by atoms with E-state index in [0.717, 1.165) is 6.61 Å². The molecule has 0 heterocycles. The van der Waals surface area contributed by atoms with Crippen molar-refractivity contribution in [1.29, 1.82) is 0 Å². The maximum Gasteiger partial charge on any atom is 0.106 e. The van der Waals surface area contributed by atoms with Crippen LogP contribution < -0.4 is 0 Å². The van der Waals surface area contributed by atoms with Gasteiger partial charge in [0.15, 0.2) is 0 Å². The lowest BCUT2D eigenvalue weighted by Crippen LogP contribution is -1.95. The molecular weight excluding hydrogens is 191 g/mol. The van der Waals surface area contributed by atoms with E-state index in [2.05, 4.69) is 22.6 Å². The predicted molar refractivity (Wildman–Crippen MR) is 35.1 cm³/mol. The summed E-state index contributed by atoms with van der Waals surface area (Å²) in [6, 6.07) is 0. The van der Waals surface area contributed by atoms with Crippen LogP contribution in [0.5, 0.6) is 0 Å². The van der Waals surface area contributed by atoms with E-state index in [1.165, 1.54) is 0 Å². The maximum absolute atomic E-state index is 5.03. The van der Waals surface area contributed by atoms with Crippen LogP contribution in [0.3, 0.4) is 0 Å². The van der Waals surface area contributed by atoms with Crippen molar-refractivity contribution < 1.29 is 4.74 Å². The van der Waals surface area contributed by atoms with Crippen LogP contribution in [0.25, 0.3) is 0 Å². The first-order chi connectivity index (χ1) is 2.77. The summed E-state index contributed by atoms with van der Waals surface area (Å²) in [5, 5.41) is 0. The molecule has 0 aromatic rings. The Kier molecular flexibility index (Phi) is 4.31. The third-order valence-electron chi connectivity index (χ3n) is 0.396. The average molecular weight is 200 g/mol. The van der Waals surface area contributed by atoms with Crippen LogP contribution in [0.1, 0.15) is 13.8 Å². The molecule has 2 heteroatoms. The van der Waals surface area contributed by atoms with Crippen molar-refractivity contribution in [3.8, 4) is 0 Å². The summed E-state index contributed by atoms with van der Waals surface area (Å²) in [6.45, 7) is 4.84. The molecular formula is C4H9IO. The van der Waals surface area contributed by atoms with Crippen molar-refractivity contribution in [2.75, 3.05) is 6.61 Å². The third-order valence-corrected chi connectivity index (χ3v) is 0.756. The molecule has 0 spiro atoms. The summed E-state index contributed by atoms with van der Waals surface area (Å²) < 4.78 is 5.40. The van der Waals surface area contributed by atoms with Crippen LogP contribution in [-0.4, -0.2) is 10.7 Å². The number of rotatable bonds is 2. The molecule has 0 aromatic carbocycles. The van der Waals surface area contributed by atoms with Crippen molar-refractivity contribution in [3.05, 3.63) is 0 Å². The number of halogens is 1. The average Bonchev–Trinajstić information content (AvgIpc) is 1.35. The van der Waals surface area contributed by atoms with E-state index in [9.17, 15) is 0 Å². The van der Waals surface area contributed by atoms with E-state index in [4.69, 9.17) is 4.74 Å². The van der Waals surface area contributed by atoms with Crippen LogP contribution in [0.15, 0.2) is 0 Å². The summed E-state index contributed by atoms with van der Waals surface area (Å²) in [4.78, 5) is 0. The predicted octanol–water partition coefficient (Wildman–Crippen LogP) is 1.80. The van der Waals surface area contributed by atoms with E-state index < -0.39 is 0 Å². The highest BCUT2D eigenvalue weighted by atomic mass is 127. The third kappa shape index (κ3) is 4.69. The molecule has 0 saturated heterocycles. The molecule has 6 heavy (non-hydrogen) atoms. The minimum absolute atomic E-state index is 0.368. The molecule has 0 aromatic heterocycles. The van der Waals surface area contributed by atoms with E-state index in [0.29, 0.717) is 4.11 Å². The van der Waals surface area contributed by atoms with Crippen LogP contribution in [0.2, 0.25) is 0 Å². The zero-order valence-electron chi connectivity index (χ0n) is 4.07. The van der Waals surface area contributed by atoms with E-state index in [1.807, 2.05) is 13.8 Å². The van der Waals surface area contributed by atoms with Gasteiger partial charge in [0.25, 0.3) is 0 Å². The van der Waals surface area contributed by atoms with Crippen molar-refractivity contribution in [1.82, 2.24) is 0 Å². The van der Waals surface area contributed by atoms with E-state index >= 15 is 0 Å². The lowest BCUT2D eigenvalue weighted by atomic mass is 10.8. The number of alkyl halides is 1. The molecule has 0 rings (SSSR count). The second kappa shape index (κ2) is 3.87. The van der Waals surface area contributed by atoms with Crippen LogP contribution in [-0.2, 0) is 4.74 Å². The highest BCUT2D eigenvalue weighted by molar-refractivity contribution is 14.1. The first-order valence-corrected chi connectivity index (χ1v) is 3.27. The van der Waals surface area contributed by atoms with Gasteiger partial charge in [0, 0.05) is 6.61 Å². The molecule has 0 amide bonds. The topological polar surface area (TPSA) is 9.23 Å². The van der Waals surface area contributed by atoms with E-state index in [-0.39, 0.29) is 0 Å². The van der Waals surface area contributed by atoms with Crippen LogP contribution in [0, 0.1) is 0 Å². The van der Waals surface area contributed by atoms with Gasteiger partial charge in [0.05, 0.1) is 0 Å². The fourth-order valence-corrected chi connectivity index (χ4v) is 0.589. The van der Waals surface area contributed by atoms with Crippen LogP contribution in [0.4, 0.5) is 0 Å². The Hall–Kier alpha value is 0.690. The molecule has 38 valence electrons. The SMILES string of the molecule is CCOC(C)I. The quantitative estimate of drug-likeness (QED) is 0.487. The van der Waals surface area contributed by atoms with Crippen molar-refractivity contribution in [2.45, 2.75) is 18.0 Å². The lowest BCUT2D eigenvalue weighted by Gasteiger charge is -1.98. The van der Waals surface area contributed by atoms with Gasteiger partial charge >= 0.3 is 0 Å². The Balaban J connectivity index is 2.63. The van der Waals surface area contributed by atoms with Gasteiger partial charge in [0.2, 0.25) is 0 Å². The Morgan fingerprint density at radius 3 is 2.33 bits per heavy atom. The molecule has 1 atom stereocenters. The number of ether oxygens (including phenoxy) is 1. The summed E-state index contributed by atoms with van der Waals surface area (Å²) in [7, 11) is 0. The van der Waals surface area contributed by atoms with Crippen molar-refractivity contribution in [3.63, 3.8) is 0 Å². The lowest BCUT2D eigenvalue weighted by molar-refractivity contribution is 0.148. The minimum atomic E-state index is 0.368. The normalized spacial score (nSPS) is 14.5. The largest absolute Gasteiger partial charge is 0.368 e. The highest BCUT2D eigenvalue weighted by Gasteiger charge is 1.86. The second-order valence-corrected chi connectivity index (χ2v) is 2.75. The maximum atomic E-state index is 5.03. The van der Waals surface area contributed by atoms with Crippen molar-refractivity contribution in [2.24, 2.45) is 0 Å². The number of hydrogen-bond acceptors (Lipinski definition) is 1. The van der Waals surface area contributed by atoms with Gasteiger partial charge in [-0.05, 0) is 13.8 Å². The van der Waals surface area contributed by atoms with Gasteiger partial charge in [-0.25, -0.2) is 0 Å². The summed E-state index contributed by atoms with van der Waals surface area (Å²) in [5.41, 5.74) is 0. The standard InChI is InChI=1S/C4H9IO/c1-3-6-4(2)5/h4H,3H2,1-2H3. The molecule has 0 aliphatic carbocycles. The Labute approximate surface area is 52.2 Å². The smallest absolute Gasteiger partial charge is 0.106 e. The van der Waals surface area contributed by atoms with Gasteiger partial charge in [0.1, 0.15) is 4.11 Å². The van der Waals surface area contributed by atoms with E-state index in [1.54, 1.807) is 0 Å². The molecule has 0 fully saturated rings. The van der Waals surface area contributed by atoms with Crippen molar-refractivity contribution >= 4 is 22.6 Å². The Bertz CT molecular complexity index is 28.7. The molecule has 1 unspecified atom stereocenters. The molecule has 1 nitrogen and oxygen atoms in total. The molecule has 0 radical (unpaired) electrons. The monoisotopic (exact) mass is 200 g/mol. The van der Waals surface area contributed by atoms with Crippen LogP contribution >= 0.6 is 22.6 Å². The van der Waals surface area contributed by atoms with Gasteiger partial charge in [-0.2, -0.15) is 0 Å². The van der Waals surface area contributed by atoms with Gasteiger partial charge < -0.3 is 4.74 Å². The Morgan fingerprint density at radius 2 is 2.33 bits per heavy atom. The fraction of sp³-hybridized carbons (Fsp3) is 1.00. The molecule has 0 bridgehead atoms. The summed E-state index contributed by atoms with van der Waals surface area (Å²) >= 11 is 2.22. The number of hydrogen-bond donors (Lipinski definition) is 0. The first-order valence-electron chi connectivity index (χ1n) is 2.03. The summed E-state index contributed by atoms with van der Waals surface area (Å²) in [6.07, 6.45) is 0. The van der Waals surface area contributed by atoms with Gasteiger partial charge in [-0.3, -0.25) is 0 Å². The molecule has 0 saturated carbocycles. The minimum Gasteiger partial charge on any atom is -0.368 e. The fourth-order valence-electron chi connectivity index (χ4n) is 0.230. The molecule has 0 aliphatic rings. The summed E-state index contributed by atoms with van der Waals surface area (Å²) in [5.74, 6) is 0. The van der Waals surface area contributed by atoms with Gasteiger partial charge in [-0.15, -0.1) is 0 Å². The second-order valence-electron chi connectivity index (χ2n) is 0.998. The van der Waals surface area contributed by atoms with Gasteiger partial charge in [-0.1, -0.05) is 22.6 Å². The zero-order valence-corrected chi connectivity index (χ0v) is 6.23. The Morgan fingerprint density at radius 1 is 1.83 bits per heavy atom.